The van der Waals surface area contributed by atoms with E-state index in [-0.39, 0.29) is 12.3 Å². The Hall–Kier alpha value is -3.00. The lowest BCUT2D eigenvalue weighted by Gasteiger charge is -2.30. The molecule has 0 saturated carbocycles. The van der Waals surface area contributed by atoms with Gasteiger partial charge in [-0.3, -0.25) is 14.5 Å². The van der Waals surface area contributed by atoms with Crippen molar-refractivity contribution in [2.24, 2.45) is 4.99 Å². The van der Waals surface area contributed by atoms with Gasteiger partial charge in [-0.2, -0.15) is 0 Å². The van der Waals surface area contributed by atoms with Crippen LogP contribution in [0.4, 0.5) is 11.4 Å². The topological polar surface area (TPSA) is 88.4 Å². The summed E-state index contributed by atoms with van der Waals surface area (Å²) in [6.45, 7) is 0. The fraction of sp³-hybridized carbons (Fsp3) is 0.211. The first-order valence-corrected chi connectivity index (χ1v) is 8.99. The lowest BCUT2D eigenvalue weighted by Crippen LogP contribution is -2.44. The molecule has 27 heavy (non-hydrogen) atoms. The van der Waals surface area contributed by atoms with Crippen molar-refractivity contribution in [3.05, 3.63) is 48.5 Å². The molecule has 1 saturated heterocycles. The highest BCUT2D eigenvalue weighted by atomic mass is 32.2. The van der Waals surface area contributed by atoms with E-state index in [1.807, 2.05) is 0 Å². The second kappa shape index (κ2) is 8.13. The minimum Gasteiger partial charge on any atom is -0.497 e. The van der Waals surface area contributed by atoms with Crippen LogP contribution in [0.2, 0.25) is 0 Å². The Bertz CT molecular complexity index is 865. The number of anilines is 1. The van der Waals surface area contributed by atoms with Gasteiger partial charge in [-0.1, -0.05) is 11.8 Å². The first kappa shape index (κ1) is 18.8. The van der Waals surface area contributed by atoms with Crippen molar-refractivity contribution >= 4 is 40.2 Å². The monoisotopic (exact) mass is 386 g/mol. The number of thioether (sulfide) groups is 1. The summed E-state index contributed by atoms with van der Waals surface area (Å²) in [5, 5.41) is 8.80. The molecule has 1 aliphatic heterocycles. The summed E-state index contributed by atoms with van der Waals surface area (Å²) in [6, 6.07) is 13.9. The molecular formula is C19H18N2O5S. The third-order valence-corrected chi connectivity index (χ3v) is 5.09. The Morgan fingerprint density at radius 1 is 1.07 bits per heavy atom. The quantitative estimate of drug-likeness (QED) is 0.848. The Morgan fingerprint density at radius 3 is 2.15 bits per heavy atom. The molecule has 2 aromatic rings. The second-order valence-corrected chi connectivity index (χ2v) is 6.84. The average Bonchev–Trinajstić information content (AvgIpc) is 2.68. The zero-order valence-electron chi connectivity index (χ0n) is 14.8. The van der Waals surface area contributed by atoms with E-state index in [0.29, 0.717) is 28.0 Å². The maximum absolute atomic E-state index is 12.7. The van der Waals surface area contributed by atoms with Gasteiger partial charge in [-0.15, -0.1) is 0 Å². The van der Waals surface area contributed by atoms with Crippen LogP contribution in [-0.2, 0) is 9.59 Å². The Balaban J connectivity index is 1.99. The maximum Gasteiger partial charge on any atom is 0.317 e. The highest BCUT2D eigenvalue weighted by Gasteiger charge is 2.36. The summed E-state index contributed by atoms with van der Waals surface area (Å²) in [6.07, 6.45) is -0.104. The van der Waals surface area contributed by atoms with Crippen LogP contribution in [0.5, 0.6) is 11.5 Å². The number of aliphatic imine (C=N–C) groups is 1. The summed E-state index contributed by atoms with van der Waals surface area (Å²) in [5.74, 6) is -0.0154. The first-order valence-electron chi connectivity index (χ1n) is 8.11. The zero-order valence-corrected chi connectivity index (χ0v) is 15.6. The number of carbonyl (C=O) groups is 2. The largest absolute Gasteiger partial charge is 0.497 e. The number of carboxylic acids is 1. The average molecular weight is 386 g/mol. The molecule has 7 nitrogen and oxygen atoms in total. The van der Waals surface area contributed by atoms with Gasteiger partial charge in [0.05, 0.1) is 32.0 Å². The van der Waals surface area contributed by atoms with E-state index in [1.54, 1.807) is 62.8 Å². The number of hydrogen-bond donors (Lipinski definition) is 1. The SMILES string of the molecule is COc1ccc(N=C2S[C@H](C(=O)O)CC(=O)N2c2ccc(OC)cc2)cc1. The summed E-state index contributed by atoms with van der Waals surface area (Å²) < 4.78 is 10.3. The maximum atomic E-state index is 12.7. The molecule has 0 radical (unpaired) electrons. The van der Waals surface area contributed by atoms with Crippen molar-refractivity contribution in [1.82, 2.24) is 0 Å². The standard InChI is InChI=1S/C19H18N2O5S/c1-25-14-7-3-12(4-8-14)20-19-21(13-5-9-15(26-2)10-6-13)17(22)11-16(27-19)18(23)24/h3-10,16H,11H2,1-2H3,(H,23,24)/t16-/m0/s1. The van der Waals surface area contributed by atoms with Gasteiger partial charge >= 0.3 is 5.97 Å². The second-order valence-electron chi connectivity index (χ2n) is 5.67. The minimum absolute atomic E-state index is 0.104. The van der Waals surface area contributed by atoms with E-state index in [0.717, 1.165) is 11.8 Å². The van der Waals surface area contributed by atoms with E-state index in [4.69, 9.17) is 9.47 Å². The van der Waals surface area contributed by atoms with Gasteiger partial charge < -0.3 is 14.6 Å². The van der Waals surface area contributed by atoms with Crippen molar-refractivity contribution in [3.63, 3.8) is 0 Å². The molecular weight excluding hydrogens is 368 g/mol. The molecule has 1 fully saturated rings. The Kier molecular flexibility index (Phi) is 5.66. The lowest BCUT2D eigenvalue weighted by molar-refractivity contribution is -0.137. The predicted octanol–water partition coefficient (Wildman–Crippen LogP) is 3.31. The molecule has 0 bridgehead atoms. The number of benzene rings is 2. The van der Waals surface area contributed by atoms with Gasteiger partial charge in [-0.25, -0.2) is 4.99 Å². The van der Waals surface area contributed by atoms with E-state index in [1.165, 1.54) is 4.90 Å². The summed E-state index contributed by atoms with van der Waals surface area (Å²) in [4.78, 5) is 30.1. The van der Waals surface area contributed by atoms with Crippen molar-refractivity contribution in [2.45, 2.75) is 11.7 Å². The molecule has 1 N–H and O–H groups in total. The van der Waals surface area contributed by atoms with Gasteiger partial charge in [0.1, 0.15) is 16.7 Å². The summed E-state index contributed by atoms with van der Waals surface area (Å²) in [7, 11) is 3.13. The smallest absolute Gasteiger partial charge is 0.317 e. The van der Waals surface area contributed by atoms with E-state index in [9.17, 15) is 14.7 Å². The summed E-state index contributed by atoms with van der Waals surface area (Å²) in [5.41, 5.74) is 1.19. The van der Waals surface area contributed by atoms with E-state index < -0.39 is 11.2 Å². The van der Waals surface area contributed by atoms with Gasteiger partial charge in [0.25, 0.3) is 0 Å². The Morgan fingerprint density at radius 2 is 1.63 bits per heavy atom. The number of carboxylic acid groups (broad SMARTS) is 1. The van der Waals surface area contributed by atoms with E-state index >= 15 is 0 Å². The van der Waals surface area contributed by atoms with Crippen LogP contribution >= 0.6 is 11.8 Å². The molecule has 1 amide bonds. The normalized spacial score (nSPS) is 18.4. The third kappa shape index (κ3) is 4.22. The van der Waals surface area contributed by atoms with Gasteiger partial charge in [0, 0.05) is 0 Å². The van der Waals surface area contributed by atoms with E-state index in [2.05, 4.69) is 4.99 Å². The van der Waals surface area contributed by atoms with Crippen LogP contribution in [0, 0.1) is 0 Å². The third-order valence-electron chi connectivity index (χ3n) is 3.95. The molecule has 1 atom stereocenters. The molecule has 0 aliphatic carbocycles. The van der Waals surface area contributed by atoms with Gasteiger partial charge in [0.15, 0.2) is 5.17 Å². The van der Waals surface area contributed by atoms with Crippen LogP contribution in [0.15, 0.2) is 53.5 Å². The van der Waals surface area contributed by atoms with Crippen molar-refractivity contribution < 1.29 is 24.2 Å². The number of aliphatic carboxylic acids is 1. The highest BCUT2D eigenvalue weighted by molar-refractivity contribution is 8.15. The van der Waals surface area contributed by atoms with Crippen LogP contribution in [0.3, 0.4) is 0 Å². The van der Waals surface area contributed by atoms with Crippen LogP contribution in [0.25, 0.3) is 0 Å². The molecule has 0 spiro atoms. The predicted molar refractivity (Wildman–Crippen MR) is 104 cm³/mol. The molecule has 140 valence electrons. The molecule has 1 heterocycles. The lowest BCUT2D eigenvalue weighted by atomic mass is 10.2. The molecule has 2 aromatic carbocycles. The minimum atomic E-state index is -1.04. The number of rotatable bonds is 5. The number of methoxy groups -OCH3 is 2. The Labute approximate surface area is 160 Å². The molecule has 8 heteroatoms. The highest BCUT2D eigenvalue weighted by Crippen LogP contribution is 2.33. The van der Waals surface area contributed by atoms with Crippen molar-refractivity contribution in [3.8, 4) is 11.5 Å². The fourth-order valence-corrected chi connectivity index (χ4v) is 3.60. The van der Waals surface area contributed by atoms with Gasteiger partial charge in [-0.05, 0) is 48.5 Å². The van der Waals surface area contributed by atoms with Crippen molar-refractivity contribution in [2.75, 3.05) is 19.1 Å². The number of carbonyl (C=O) groups excluding carboxylic acids is 1. The van der Waals surface area contributed by atoms with Gasteiger partial charge in [0.2, 0.25) is 5.91 Å². The molecule has 0 unspecified atom stereocenters. The number of ether oxygens (including phenoxy) is 2. The van der Waals surface area contributed by atoms with Crippen LogP contribution < -0.4 is 14.4 Å². The van der Waals surface area contributed by atoms with Crippen molar-refractivity contribution in [1.29, 1.82) is 0 Å². The first-order chi connectivity index (χ1) is 13.0. The number of nitrogens with zero attached hydrogens (tertiary/aromatic N) is 2. The number of amidine groups is 1. The van der Waals surface area contributed by atoms with Crippen LogP contribution in [0.1, 0.15) is 6.42 Å². The number of amides is 1. The molecule has 1 aliphatic rings. The number of hydrogen-bond acceptors (Lipinski definition) is 6. The molecule has 3 rings (SSSR count). The summed E-state index contributed by atoms with van der Waals surface area (Å²) >= 11 is 1.05. The van der Waals surface area contributed by atoms with Crippen LogP contribution in [-0.4, -0.2) is 41.6 Å². The fourth-order valence-electron chi connectivity index (χ4n) is 2.55. The molecule has 0 aromatic heterocycles. The zero-order chi connectivity index (χ0) is 19.4.